The number of benzene rings is 1. The van der Waals surface area contributed by atoms with Crippen LogP contribution in [0.3, 0.4) is 0 Å². The van der Waals surface area contributed by atoms with Crippen LogP contribution in [0.25, 0.3) is 0 Å². The molecule has 0 unspecified atom stereocenters. The summed E-state index contributed by atoms with van der Waals surface area (Å²) in [6.45, 7) is 1.24. The van der Waals surface area contributed by atoms with Gasteiger partial charge in [-0.3, -0.25) is 0 Å². The first-order chi connectivity index (χ1) is 9.46. The zero-order chi connectivity index (χ0) is 14.6. The van der Waals surface area contributed by atoms with Crippen LogP contribution in [-0.2, 0) is 6.54 Å². The fraction of sp³-hybridized carbons (Fsp3) is 0.538. The van der Waals surface area contributed by atoms with Crippen molar-refractivity contribution >= 4 is 11.6 Å². The molecule has 0 saturated heterocycles. The van der Waals surface area contributed by atoms with E-state index in [4.69, 9.17) is 21.1 Å². The van der Waals surface area contributed by atoms with Crippen LogP contribution in [0, 0.1) is 0 Å². The summed E-state index contributed by atoms with van der Waals surface area (Å²) in [6, 6.07) is 3.42. The monoisotopic (exact) mass is 309 g/mol. The van der Waals surface area contributed by atoms with E-state index in [1.165, 1.54) is 0 Å². The fourth-order valence-electron chi connectivity index (χ4n) is 1.85. The summed E-state index contributed by atoms with van der Waals surface area (Å²) in [6.07, 6.45) is -4.23. The third-order valence-electron chi connectivity index (χ3n) is 2.78. The third-order valence-corrected chi connectivity index (χ3v) is 3.06. The van der Waals surface area contributed by atoms with Gasteiger partial charge in [-0.25, -0.2) is 0 Å². The zero-order valence-corrected chi connectivity index (χ0v) is 11.5. The van der Waals surface area contributed by atoms with Gasteiger partial charge in [0.15, 0.2) is 11.5 Å². The zero-order valence-electron chi connectivity index (χ0n) is 10.7. The highest BCUT2D eigenvalue weighted by molar-refractivity contribution is 6.32. The van der Waals surface area contributed by atoms with E-state index in [0.717, 1.165) is 12.0 Å². The van der Waals surface area contributed by atoms with Gasteiger partial charge in [0.05, 0.1) is 24.7 Å². The smallest absolute Gasteiger partial charge is 0.390 e. The molecule has 0 fully saturated rings. The predicted octanol–water partition coefficient (Wildman–Crippen LogP) is 3.54. The highest BCUT2D eigenvalue weighted by Crippen LogP contribution is 2.37. The SMILES string of the molecule is FC(F)(F)CCNCc1cc(Cl)c2c(c1)OCCCO2. The lowest BCUT2D eigenvalue weighted by atomic mass is 10.2. The lowest BCUT2D eigenvalue weighted by Gasteiger charge is -2.12. The molecule has 3 nitrogen and oxygen atoms in total. The topological polar surface area (TPSA) is 30.5 Å². The van der Waals surface area contributed by atoms with E-state index in [-0.39, 0.29) is 6.54 Å². The number of nitrogens with one attached hydrogen (secondary N) is 1. The Kier molecular flexibility index (Phi) is 4.99. The molecule has 0 saturated carbocycles. The molecule has 2 rings (SSSR count). The number of rotatable bonds is 4. The van der Waals surface area contributed by atoms with E-state index in [2.05, 4.69) is 5.32 Å². The number of hydrogen-bond donors (Lipinski definition) is 1. The molecule has 0 amide bonds. The van der Waals surface area contributed by atoms with Crippen molar-refractivity contribution in [2.24, 2.45) is 0 Å². The minimum Gasteiger partial charge on any atom is -0.489 e. The van der Waals surface area contributed by atoms with Gasteiger partial charge in [0, 0.05) is 19.5 Å². The fourth-order valence-corrected chi connectivity index (χ4v) is 2.14. The van der Waals surface area contributed by atoms with Crippen molar-refractivity contribution in [2.45, 2.75) is 25.6 Å². The van der Waals surface area contributed by atoms with Gasteiger partial charge in [-0.2, -0.15) is 13.2 Å². The molecule has 1 aromatic carbocycles. The Morgan fingerprint density at radius 3 is 2.70 bits per heavy atom. The Morgan fingerprint density at radius 2 is 1.95 bits per heavy atom. The van der Waals surface area contributed by atoms with Gasteiger partial charge in [0.2, 0.25) is 0 Å². The highest BCUT2D eigenvalue weighted by Gasteiger charge is 2.26. The van der Waals surface area contributed by atoms with Gasteiger partial charge in [-0.1, -0.05) is 11.6 Å². The molecule has 1 aromatic rings. The molecule has 0 radical (unpaired) electrons. The molecule has 1 aliphatic heterocycles. The quantitative estimate of drug-likeness (QED) is 0.863. The van der Waals surface area contributed by atoms with Crippen molar-refractivity contribution in [1.29, 1.82) is 0 Å². The van der Waals surface area contributed by atoms with Crippen molar-refractivity contribution in [3.63, 3.8) is 0 Å². The summed E-state index contributed by atoms with van der Waals surface area (Å²) in [5.41, 5.74) is 0.765. The van der Waals surface area contributed by atoms with Crippen molar-refractivity contribution in [3.05, 3.63) is 22.7 Å². The van der Waals surface area contributed by atoms with Gasteiger partial charge in [-0.05, 0) is 17.7 Å². The Labute approximate surface area is 120 Å². The summed E-state index contributed by atoms with van der Waals surface area (Å²) in [4.78, 5) is 0. The van der Waals surface area contributed by atoms with Crippen LogP contribution < -0.4 is 14.8 Å². The molecular weight excluding hydrogens is 295 g/mol. The average molecular weight is 310 g/mol. The van der Waals surface area contributed by atoms with E-state index >= 15 is 0 Å². The Hall–Kier alpha value is -1.14. The number of halogens is 4. The standard InChI is InChI=1S/C13H15ClF3NO2/c14-10-6-9(8-18-3-2-13(15,16)17)7-11-12(10)20-5-1-4-19-11/h6-7,18H,1-5,8H2. The largest absolute Gasteiger partial charge is 0.489 e. The number of fused-ring (bicyclic) bond motifs is 1. The molecule has 0 bridgehead atoms. The molecule has 0 aromatic heterocycles. The summed E-state index contributed by atoms with van der Waals surface area (Å²) < 4.78 is 47.0. The Balaban J connectivity index is 1.96. The lowest BCUT2D eigenvalue weighted by Crippen LogP contribution is -2.21. The summed E-state index contributed by atoms with van der Waals surface area (Å²) in [5, 5.41) is 3.15. The van der Waals surface area contributed by atoms with Gasteiger partial charge < -0.3 is 14.8 Å². The first kappa shape index (κ1) is 15.3. The predicted molar refractivity (Wildman–Crippen MR) is 69.4 cm³/mol. The van der Waals surface area contributed by atoms with Crippen LogP contribution in [0.1, 0.15) is 18.4 Å². The van der Waals surface area contributed by atoms with E-state index in [0.29, 0.717) is 36.3 Å². The van der Waals surface area contributed by atoms with Crippen molar-refractivity contribution < 1.29 is 22.6 Å². The summed E-state index contributed by atoms with van der Waals surface area (Å²) in [7, 11) is 0. The maximum atomic E-state index is 12.0. The van der Waals surface area contributed by atoms with Gasteiger partial charge >= 0.3 is 6.18 Å². The normalized spacial score (nSPS) is 15.0. The molecule has 0 spiro atoms. The van der Waals surface area contributed by atoms with Crippen molar-refractivity contribution in [2.75, 3.05) is 19.8 Å². The van der Waals surface area contributed by atoms with E-state index < -0.39 is 12.6 Å². The molecule has 1 aliphatic rings. The highest BCUT2D eigenvalue weighted by atomic mass is 35.5. The number of alkyl halides is 3. The van der Waals surface area contributed by atoms with E-state index in [9.17, 15) is 13.2 Å². The minimum absolute atomic E-state index is 0.129. The van der Waals surface area contributed by atoms with Crippen LogP contribution in [0.15, 0.2) is 12.1 Å². The third kappa shape index (κ3) is 4.45. The molecule has 0 atom stereocenters. The molecule has 20 heavy (non-hydrogen) atoms. The van der Waals surface area contributed by atoms with E-state index in [1.54, 1.807) is 12.1 Å². The van der Waals surface area contributed by atoms with Crippen LogP contribution in [0.4, 0.5) is 13.2 Å². The second kappa shape index (κ2) is 6.54. The Bertz CT molecular complexity index is 466. The minimum atomic E-state index is -4.14. The first-order valence-electron chi connectivity index (χ1n) is 6.31. The maximum absolute atomic E-state index is 12.0. The maximum Gasteiger partial charge on any atom is 0.390 e. The van der Waals surface area contributed by atoms with Gasteiger partial charge in [0.25, 0.3) is 0 Å². The van der Waals surface area contributed by atoms with E-state index in [1.807, 2.05) is 0 Å². The average Bonchev–Trinajstić information content (AvgIpc) is 2.59. The second-order valence-corrected chi connectivity index (χ2v) is 4.90. The van der Waals surface area contributed by atoms with Crippen molar-refractivity contribution in [3.8, 4) is 11.5 Å². The molecule has 7 heteroatoms. The van der Waals surface area contributed by atoms with Crippen LogP contribution in [-0.4, -0.2) is 25.9 Å². The van der Waals surface area contributed by atoms with Crippen LogP contribution >= 0.6 is 11.6 Å². The molecule has 1 N–H and O–H groups in total. The van der Waals surface area contributed by atoms with Gasteiger partial charge in [-0.15, -0.1) is 0 Å². The first-order valence-corrected chi connectivity index (χ1v) is 6.69. The summed E-state index contributed by atoms with van der Waals surface area (Å²) in [5.74, 6) is 1.05. The lowest BCUT2D eigenvalue weighted by molar-refractivity contribution is -0.133. The van der Waals surface area contributed by atoms with Gasteiger partial charge in [0.1, 0.15) is 0 Å². The molecule has 0 aliphatic carbocycles. The Morgan fingerprint density at radius 1 is 1.20 bits per heavy atom. The number of ether oxygens (including phenoxy) is 2. The molecular formula is C13H15ClF3NO2. The molecule has 112 valence electrons. The van der Waals surface area contributed by atoms with Crippen LogP contribution in [0.5, 0.6) is 11.5 Å². The van der Waals surface area contributed by atoms with Crippen molar-refractivity contribution in [1.82, 2.24) is 5.32 Å². The second-order valence-electron chi connectivity index (χ2n) is 4.50. The number of hydrogen-bond acceptors (Lipinski definition) is 3. The summed E-state index contributed by atoms with van der Waals surface area (Å²) >= 11 is 6.09. The van der Waals surface area contributed by atoms with Crippen LogP contribution in [0.2, 0.25) is 5.02 Å². The molecule has 1 heterocycles.